The van der Waals surface area contributed by atoms with Crippen molar-refractivity contribution in [3.8, 4) is 17.2 Å². The normalized spacial score (nSPS) is 11.9. The Hall–Kier alpha value is -3.59. The first-order valence-corrected chi connectivity index (χ1v) is 11.3. The lowest BCUT2D eigenvalue weighted by molar-refractivity contribution is 0.0941. The Labute approximate surface area is 196 Å². The van der Waals surface area contributed by atoms with E-state index >= 15 is 0 Å². The fourth-order valence-electron chi connectivity index (χ4n) is 3.74. The molecule has 0 aliphatic heterocycles. The van der Waals surface area contributed by atoms with Gasteiger partial charge in [0.1, 0.15) is 0 Å². The number of hydrogen-bond acceptors (Lipinski definition) is 7. The van der Waals surface area contributed by atoms with Crippen LogP contribution in [0.15, 0.2) is 41.9 Å². The Balaban J connectivity index is 1.63. The molecule has 0 aliphatic carbocycles. The van der Waals surface area contributed by atoms with Crippen molar-refractivity contribution in [1.29, 1.82) is 0 Å². The van der Waals surface area contributed by atoms with E-state index in [-0.39, 0.29) is 11.9 Å². The summed E-state index contributed by atoms with van der Waals surface area (Å²) in [5.41, 5.74) is 2.80. The summed E-state index contributed by atoms with van der Waals surface area (Å²) in [5, 5.41) is 10.3. The summed E-state index contributed by atoms with van der Waals surface area (Å²) in [6.07, 6.45) is 1.70. The number of benzene rings is 1. The molecule has 0 bridgehead atoms. The number of carbonyl (C=O) groups excluding carboxylic acids is 1. The Bertz CT molecular complexity index is 1260. The van der Waals surface area contributed by atoms with Crippen LogP contribution in [0.1, 0.15) is 39.5 Å². The number of pyridine rings is 1. The monoisotopic (exact) mass is 466 g/mol. The topological polar surface area (TPSA) is 87.5 Å². The molecule has 0 saturated carbocycles. The van der Waals surface area contributed by atoms with Crippen molar-refractivity contribution in [3.63, 3.8) is 0 Å². The average molecular weight is 467 g/mol. The molecule has 1 amide bonds. The predicted molar refractivity (Wildman–Crippen MR) is 128 cm³/mol. The van der Waals surface area contributed by atoms with E-state index in [4.69, 9.17) is 14.2 Å². The molecule has 1 atom stereocenters. The van der Waals surface area contributed by atoms with Crippen LogP contribution in [0.3, 0.4) is 0 Å². The molecule has 3 heterocycles. The minimum atomic E-state index is -0.309. The molecule has 172 valence electrons. The molecule has 4 aromatic rings. The number of carbonyl (C=O) groups is 1. The SMILES string of the molecule is COc1cc(C(C)NC(=O)c2cc(C)nc3c2cnn3Cc2cccs2)cc(OC)c1OC. The van der Waals surface area contributed by atoms with E-state index in [0.717, 1.165) is 11.3 Å². The van der Waals surface area contributed by atoms with E-state index in [0.29, 0.717) is 40.4 Å². The van der Waals surface area contributed by atoms with Gasteiger partial charge in [-0.2, -0.15) is 5.10 Å². The number of fused-ring (bicyclic) bond motifs is 1. The molecule has 8 nitrogen and oxygen atoms in total. The highest BCUT2D eigenvalue weighted by Crippen LogP contribution is 2.39. The van der Waals surface area contributed by atoms with Gasteiger partial charge in [-0.1, -0.05) is 6.07 Å². The minimum absolute atomic E-state index is 0.206. The zero-order chi connectivity index (χ0) is 23.5. The second kappa shape index (κ2) is 9.50. The third-order valence-corrected chi connectivity index (χ3v) is 6.26. The van der Waals surface area contributed by atoms with Crippen LogP contribution >= 0.6 is 11.3 Å². The summed E-state index contributed by atoms with van der Waals surface area (Å²) < 4.78 is 18.1. The molecule has 1 aromatic carbocycles. The second-order valence-corrected chi connectivity index (χ2v) is 8.62. The lowest BCUT2D eigenvalue weighted by Crippen LogP contribution is -2.27. The zero-order valence-electron chi connectivity index (χ0n) is 19.2. The van der Waals surface area contributed by atoms with Gasteiger partial charge in [0.05, 0.1) is 51.1 Å². The van der Waals surface area contributed by atoms with Crippen LogP contribution in [0.2, 0.25) is 0 Å². The van der Waals surface area contributed by atoms with Gasteiger partial charge in [0, 0.05) is 10.6 Å². The van der Waals surface area contributed by atoms with E-state index in [1.54, 1.807) is 44.9 Å². The summed E-state index contributed by atoms with van der Waals surface area (Å²) in [6.45, 7) is 4.39. The summed E-state index contributed by atoms with van der Waals surface area (Å²) in [7, 11) is 4.68. The van der Waals surface area contributed by atoms with E-state index in [9.17, 15) is 4.79 Å². The number of nitrogens with one attached hydrogen (secondary N) is 1. The number of hydrogen-bond donors (Lipinski definition) is 1. The number of aryl methyl sites for hydroxylation is 1. The van der Waals surface area contributed by atoms with Crippen molar-refractivity contribution in [1.82, 2.24) is 20.1 Å². The van der Waals surface area contributed by atoms with E-state index in [2.05, 4.69) is 21.5 Å². The average Bonchev–Trinajstić information content (AvgIpc) is 3.47. The van der Waals surface area contributed by atoms with Crippen molar-refractivity contribution in [2.75, 3.05) is 21.3 Å². The van der Waals surface area contributed by atoms with Gasteiger partial charge >= 0.3 is 0 Å². The van der Waals surface area contributed by atoms with E-state index < -0.39 is 0 Å². The molecule has 1 unspecified atom stereocenters. The highest BCUT2D eigenvalue weighted by molar-refractivity contribution is 7.09. The van der Waals surface area contributed by atoms with Crippen molar-refractivity contribution in [3.05, 3.63) is 63.6 Å². The van der Waals surface area contributed by atoms with Crippen LogP contribution in [0.4, 0.5) is 0 Å². The van der Waals surface area contributed by atoms with Crippen LogP contribution in [0.25, 0.3) is 11.0 Å². The maximum Gasteiger partial charge on any atom is 0.252 e. The summed E-state index contributed by atoms with van der Waals surface area (Å²) in [5.74, 6) is 1.37. The second-order valence-electron chi connectivity index (χ2n) is 7.58. The maximum absolute atomic E-state index is 13.3. The molecule has 9 heteroatoms. The van der Waals surface area contributed by atoms with Gasteiger partial charge in [0.15, 0.2) is 17.1 Å². The van der Waals surface area contributed by atoms with Crippen LogP contribution in [0.5, 0.6) is 17.2 Å². The standard InChI is InChI=1S/C24H26N4O4S/c1-14-9-18(19-12-25-28(23(19)26-14)13-17-7-6-8-33-17)24(29)27-15(2)16-10-20(30-3)22(32-5)21(11-16)31-4/h6-12,15H,13H2,1-5H3,(H,27,29). The maximum atomic E-state index is 13.3. The Kier molecular flexibility index (Phi) is 6.50. The van der Waals surface area contributed by atoms with Crippen molar-refractivity contribution < 1.29 is 19.0 Å². The molecular formula is C24H26N4O4S. The van der Waals surface area contributed by atoms with Gasteiger partial charge in [-0.15, -0.1) is 11.3 Å². The van der Waals surface area contributed by atoms with Gasteiger partial charge in [0.25, 0.3) is 5.91 Å². The molecule has 1 N–H and O–H groups in total. The number of amides is 1. The molecule has 0 spiro atoms. The lowest BCUT2D eigenvalue weighted by atomic mass is 10.1. The van der Waals surface area contributed by atoms with Crippen LogP contribution in [-0.4, -0.2) is 42.0 Å². The fourth-order valence-corrected chi connectivity index (χ4v) is 4.42. The molecule has 0 radical (unpaired) electrons. The van der Waals surface area contributed by atoms with Crippen molar-refractivity contribution in [2.24, 2.45) is 0 Å². The van der Waals surface area contributed by atoms with Gasteiger partial charge < -0.3 is 19.5 Å². The molecule has 33 heavy (non-hydrogen) atoms. The number of methoxy groups -OCH3 is 3. The molecular weight excluding hydrogens is 440 g/mol. The first-order valence-electron chi connectivity index (χ1n) is 10.4. The fraction of sp³-hybridized carbons (Fsp3) is 0.292. The van der Waals surface area contributed by atoms with Crippen molar-refractivity contribution in [2.45, 2.75) is 26.4 Å². The molecule has 0 fully saturated rings. The van der Waals surface area contributed by atoms with E-state index in [1.165, 1.54) is 4.88 Å². The Morgan fingerprint density at radius 1 is 1.15 bits per heavy atom. The summed E-state index contributed by atoms with van der Waals surface area (Å²) >= 11 is 1.66. The van der Waals surface area contributed by atoms with Crippen LogP contribution in [0, 0.1) is 6.92 Å². The van der Waals surface area contributed by atoms with Crippen LogP contribution < -0.4 is 19.5 Å². The molecule has 0 aliphatic rings. The van der Waals surface area contributed by atoms with E-state index in [1.807, 2.05) is 42.1 Å². The van der Waals surface area contributed by atoms with Crippen LogP contribution in [-0.2, 0) is 6.54 Å². The molecule has 0 saturated heterocycles. The highest BCUT2D eigenvalue weighted by atomic mass is 32.1. The Morgan fingerprint density at radius 2 is 1.88 bits per heavy atom. The largest absolute Gasteiger partial charge is 0.493 e. The third kappa shape index (κ3) is 4.49. The number of nitrogens with zero attached hydrogens (tertiary/aromatic N) is 3. The lowest BCUT2D eigenvalue weighted by Gasteiger charge is -2.19. The van der Waals surface area contributed by atoms with Gasteiger partial charge in [-0.25, -0.2) is 9.67 Å². The van der Waals surface area contributed by atoms with Gasteiger partial charge in [0.2, 0.25) is 5.75 Å². The number of thiophene rings is 1. The third-order valence-electron chi connectivity index (χ3n) is 5.40. The number of rotatable bonds is 8. The smallest absolute Gasteiger partial charge is 0.252 e. The number of aromatic nitrogens is 3. The summed E-state index contributed by atoms with van der Waals surface area (Å²) in [4.78, 5) is 19.1. The highest BCUT2D eigenvalue weighted by Gasteiger charge is 2.21. The molecule has 4 rings (SSSR count). The molecule has 3 aromatic heterocycles. The quantitative estimate of drug-likeness (QED) is 0.415. The first-order chi connectivity index (χ1) is 15.9. The van der Waals surface area contributed by atoms with Gasteiger partial charge in [-0.3, -0.25) is 4.79 Å². The van der Waals surface area contributed by atoms with Gasteiger partial charge in [-0.05, 0) is 49.1 Å². The first kappa shape index (κ1) is 22.6. The number of ether oxygens (including phenoxy) is 3. The zero-order valence-corrected chi connectivity index (χ0v) is 20.0. The summed E-state index contributed by atoms with van der Waals surface area (Å²) in [6, 6.07) is 9.21. The predicted octanol–water partition coefficient (Wildman–Crippen LogP) is 4.37. The Morgan fingerprint density at radius 3 is 2.48 bits per heavy atom. The minimum Gasteiger partial charge on any atom is -0.493 e. The van der Waals surface area contributed by atoms with Crippen molar-refractivity contribution >= 4 is 28.3 Å².